The van der Waals surface area contributed by atoms with Gasteiger partial charge in [0, 0.05) is 0 Å². The van der Waals surface area contributed by atoms with Crippen molar-refractivity contribution in [1.29, 1.82) is 0 Å². The first-order valence-electron chi connectivity index (χ1n) is 6.76. The molecule has 0 saturated heterocycles. The summed E-state index contributed by atoms with van der Waals surface area (Å²) < 4.78 is 0. The summed E-state index contributed by atoms with van der Waals surface area (Å²) in [5, 5.41) is 21.2. The maximum absolute atomic E-state index is 10.6. The van der Waals surface area contributed by atoms with Gasteiger partial charge in [0.25, 0.3) is 0 Å². The topological polar surface area (TPSA) is 147 Å². The molecule has 2 aromatic carbocycles. The van der Waals surface area contributed by atoms with Gasteiger partial charge >= 0.3 is 135 Å². The predicted octanol–water partition coefficient (Wildman–Crippen LogP) is 2.48. The molecule has 3 N–H and O–H groups in total. The number of nitro benzene ring substituents is 2. The molecule has 9 nitrogen and oxygen atoms in total. The zero-order valence-electron chi connectivity index (χ0n) is 12.3. The second kappa shape index (κ2) is 6.21. The Bertz CT molecular complexity index is 703. The number of nitrogens with zero attached hydrogens (tertiary/aromatic N) is 2. The van der Waals surface area contributed by atoms with Crippen LogP contribution in [0.1, 0.15) is 11.1 Å². The Morgan fingerprint density at radius 1 is 0.708 bits per heavy atom. The summed E-state index contributed by atoms with van der Waals surface area (Å²) in [4.78, 5) is 50.7. The summed E-state index contributed by atoms with van der Waals surface area (Å²) in [7, 11) is -5.09. The normalized spacial score (nSPS) is 13.0. The standard InChI is InChI=1S/C14H15N2O7P/c17-15(18)13-5-1-11(2-6-13)9-24(21,22,23)10-12-3-7-14(8-4-12)16(19)20/h1-8,21-23H,9-10H2. The van der Waals surface area contributed by atoms with Gasteiger partial charge in [-0.3, -0.25) is 0 Å². The van der Waals surface area contributed by atoms with E-state index in [2.05, 4.69) is 0 Å². The van der Waals surface area contributed by atoms with Gasteiger partial charge in [0.15, 0.2) is 0 Å². The molecule has 0 saturated carbocycles. The number of benzene rings is 2. The number of nitro groups is 2. The van der Waals surface area contributed by atoms with Gasteiger partial charge in [0.2, 0.25) is 0 Å². The summed E-state index contributed by atoms with van der Waals surface area (Å²) in [5.41, 5.74) is 0.354. The third-order valence-corrected chi connectivity index (χ3v) is 5.33. The van der Waals surface area contributed by atoms with Gasteiger partial charge in [-0.15, -0.1) is 0 Å². The first-order chi connectivity index (χ1) is 11.0. The zero-order chi connectivity index (χ0) is 18.0. The van der Waals surface area contributed by atoms with Gasteiger partial charge in [-0.2, -0.15) is 0 Å². The van der Waals surface area contributed by atoms with Crippen LogP contribution in [0.15, 0.2) is 48.5 Å². The first kappa shape index (κ1) is 17.9. The molecule has 0 atom stereocenters. The molecule has 2 rings (SSSR count). The molecule has 2 aromatic rings. The second-order valence-electron chi connectivity index (χ2n) is 5.50. The molecular weight excluding hydrogens is 339 g/mol. The van der Waals surface area contributed by atoms with Gasteiger partial charge in [-0.1, -0.05) is 0 Å². The Labute approximate surface area is 136 Å². The fraction of sp³-hybridized carbons (Fsp3) is 0.143. The van der Waals surface area contributed by atoms with Gasteiger partial charge in [-0.05, 0) is 0 Å². The van der Waals surface area contributed by atoms with Crippen molar-refractivity contribution in [2.75, 3.05) is 0 Å². The molecule has 10 heteroatoms. The Hall–Kier alpha value is -2.45. The Balaban J connectivity index is 2.16. The van der Waals surface area contributed by atoms with E-state index in [1.165, 1.54) is 48.5 Å². The van der Waals surface area contributed by atoms with E-state index in [-0.39, 0.29) is 11.4 Å². The van der Waals surface area contributed by atoms with Crippen LogP contribution in [0, 0.1) is 20.2 Å². The van der Waals surface area contributed by atoms with E-state index in [1.807, 2.05) is 0 Å². The van der Waals surface area contributed by atoms with Crippen LogP contribution < -0.4 is 0 Å². The number of hydrogen-bond donors (Lipinski definition) is 3. The molecular formula is C14H15N2O7P. The van der Waals surface area contributed by atoms with E-state index in [4.69, 9.17) is 0 Å². The average Bonchev–Trinajstić information content (AvgIpc) is 2.46. The van der Waals surface area contributed by atoms with Gasteiger partial charge < -0.3 is 0 Å². The minimum absolute atomic E-state index is 0.150. The second-order valence-corrected chi connectivity index (χ2v) is 8.82. The molecule has 0 fully saturated rings. The molecule has 0 amide bonds. The van der Waals surface area contributed by atoms with Crippen LogP contribution in [0.5, 0.6) is 0 Å². The molecule has 128 valence electrons. The Morgan fingerprint density at radius 2 is 1.00 bits per heavy atom. The molecule has 0 aliphatic rings. The third kappa shape index (κ3) is 4.77. The van der Waals surface area contributed by atoms with Crippen molar-refractivity contribution in [3.05, 3.63) is 79.9 Å². The van der Waals surface area contributed by atoms with Crippen molar-refractivity contribution in [3.63, 3.8) is 0 Å². The molecule has 0 unspecified atom stereocenters. The Kier molecular flexibility index (Phi) is 4.63. The van der Waals surface area contributed by atoms with E-state index in [1.54, 1.807) is 0 Å². The molecule has 0 bridgehead atoms. The molecule has 0 aliphatic heterocycles. The minimum atomic E-state index is -5.09. The SMILES string of the molecule is O=[N+]([O-])c1ccc(CP(O)(O)(O)Cc2ccc([N+](=O)[O-])cc2)cc1. The van der Waals surface area contributed by atoms with Crippen LogP contribution in [-0.2, 0) is 12.3 Å². The average molecular weight is 354 g/mol. The summed E-state index contributed by atoms with van der Waals surface area (Å²) in [6.07, 6.45) is -0.943. The van der Waals surface area contributed by atoms with E-state index in [0.717, 1.165) is 0 Å². The number of non-ortho nitro benzene ring substituents is 2. The van der Waals surface area contributed by atoms with E-state index in [9.17, 15) is 34.9 Å². The van der Waals surface area contributed by atoms with Gasteiger partial charge in [0.05, 0.1) is 0 Å². The van der Waals surface area contributed by atoms with Crippen molar-refractivity contribution >= 4 is 18.7 Å². The maximum atomic E-state index is 10.6. The Morgan fingerprint density at radius 3 is 1.25 bits per heavy atom. The van der Waals surface area contributed by atoms with Crippen LogP contribution in [0.4, 0.5) is 11.4 Å². The molecule has 0 heterocycles. The van der Waals surface area contributed by atoms with E-state index >= 15 is 0 Å². The molecule has 0 radical (unpaired) electrons. The van der Waals surface area contributed by atoms with E-state index < -0.39 is 29.5 Å². The molecule has 0 spiro atoms. The van der Waals surface area contributed by atoms with Crippen LogP contribution in [-0.4, -0.2) is 24.5 Å². The van der Waals surface area contributed by atoms with Crippen molar-refractivity contribution in [3.8, 4) is 0 Å². The van der Waals surface area contributed by atoms with Crippen molar-refractivity contribution in [2.45, 2.75) is 12.3 Å². The zero-order valence-corrected chi connectivity index (χ0v) is 13.2. The van der Waals surface area contributed by atoms with Crippen molar-refractivity contribution in [1.82, 2.24) is 0 Å². The summed E-state index contributed by atoms with van der Waals surface area (Å²) in [6.45, 7) is 0. The monoisotopic (exact) mass is 354 g/mol. The van der Waals surface area contributed by atoms with Gasteiger partial charge in [-0.25, -0.2) is 0 Å². The predicted molar refractivity (Wildman–Crippen MR) is 87.2 cm³/mol. The van der Waals surface area contributed by atoms with Crippen LogP contribution in [0.3, 0.4) is 0 Å². The molecule has 24 heavy (non-hydrogen) atoms. The fourth-order valence-corrected chi connectivity index (χ4v) is 4.28. The van der Waals surface area contributed by atoms with Crippen LogP contribution in [0.2, 0.25) is 0 Å². The molecule has 0 aromatic heterocycles. The number of hydrogen-bond acceptors (Lipinski definition) is 7. The quantitative estimate of drug-likeness (QED) is 0.410. The number of rotatable bonds is 6. The van der Waals surface area contributed by atoms with E-state index in [0.29, 0.717) is 11.1 Å². The van der Waals surface area contributed by atoms with Crippen molar-refractivity contribution < 1.29 is 24.5 Å². The van der Waals surface area contributed by atoms with Crippen LogP contribution in [0.25, 0.3) is 0 Å². The summed E-state index contributed by atoms with van der Waals surface area (Å²) in [5.74, 6) is 0. The van der Waals surface area contributed by atoms with Crippen LogP contribution >= 0.6 is 7.28 Å². The first-order valence-corrected chi connectivity index (χ1v) is 9.22. The molecule has 0 aliphatic carbocycles. The van der Waals surface area contributed by atoms with Gasteiger partial charge in [0.1, 0.15) is 0 Å². The fourth-order valence-electron chi connectivity index (χ4n) is 2.25. The summed E-state index contributed by atoms with van der Waals surface area (Å²) in [6, 6.07) is 10.1. The third-order valence-electron chi connectivity index (χ3n) is 3.31. The van der Waals surface area contributed by atoms with Crippen molar-refractivity contribution in [2.24, 2.45) is 0 Å². The summed E-state index contributed by atoms with van der Waals surface area (Å²) >= 11 is 0.